The lowest BCUT2D eigenvalue weighted by Gasteiger charge is -2.16. The Morgan fingerprint density at radius 2 is 1.69 bits per heavy atom. The largest absolute Gasteiger partial charge is 0.326 e. The summed E-state index contributed by atoms with van der Waals surface area (Å²) < 4.78 is 1.89. The number of halogens is 1. The summed E-state index contributed by atoms with van der Waals surface area (Å²) in [6.07, 6.45) is 0.732. The molecule has 3 aromatic carbocycles. The van der Waals surface area contributed by atoms with Crippen LogP contribution in [0.1, 0.15) is 18.0 Å². The maximum atomic E-state index is 13.4. The fourth-order valence-electron chi connectivity index (χ4n) is 4.11. The Bertz CT molecular complexity index is 1280. The topological polar surface area (TPSA) is 67.2 Å². The second kappa shape index (κ2) is 8.48. The van der Waals surface area contributed by atoms with E-state index in [0.29, 0.717) is 29.6 Å². The van der Waals surface area contributed by atoms with Gasteiger partial charge in [0, 0.05) is 17.3 Å². The number of carbonyl (C=O) groups is 2. The molecular weight excluding hydrogens is 424 g/mol. The Morgan fingerprint density at radius 3 is 2.47 bits per heavy atom. The molecule has 32 heavy (non-hydrogen) atoms. The lowest BCUT2D eigenvalue weighted by Crippen LogP contribution is -2.33. The number of fused-ring (bicyclic) bond motifs is 3. The van der Waals surface area contributed by atoms with Gasteiger partial charge in [0.15, 0.2) is 0 Å². The highest BCUT2D eigenvalue weighted by Crippen LogP contribution is 2.36. The molecule has 1 aliphatic heterocycles. The van der Waals surface area contributed by atoms with Crippen molar-refractivity contribution in [2.75, 3.05) is 16.8 Å². The molecule has 7 heteroatoms. The molecule has 2 heterocycles. The maximum absolute atomic E-state index is 13.4. The summed E-state index contributed by atoms with van der Waals surface area (Å²) in [4.78, 5) is 32.6. The third-order valence-corrected chi connectivity index (χ3v) is 5.91. The summed E-state index contributed by atoms with van der Waals surface area (Å²) in [6.45, 7) is 0.501. The quantitative estimate of drug-likeness (QED) is 0.462. The smallest absolute Gasteiger partial charge is 0.253 e. The van der Waals surface area contributed by atoms with Gasteiger partial charge in [-0.2, -0.15) is 0 Å². The lowest BCUT2D eigenvalue weighted by molar-refractivity contribution is -0.124. The van der Waals surface area contributed by atoms with E-state index in [2.05, 4.69) is 5.32 Å². The predicted octanol–water partition coefficient (Wildman–Crippen LogP) is 4.85. The number of benzene rings is 3. The number of carbonyl (C=O) groups excluding carboxylic acids is 2. The molecule has 4 aromatic rings. The second-order valence-corrected chi connectivity index (χ2v) is 8.21. The SMILES string of the molecule is O=C(C[C@H]1C(=O)N(CCc2ccccc2)c2nc3ccccc3n21)Nc1ccc(Cl)cc1. The average Bonchev–Trinajstić information content (AvgIpc) is 3.29. The molecule has 0 saturated heterocycles. The van der Waals surface area contributed by atoms with Gasteiger partial charge in [-0.15, -0.1) is 0 Å². The van der Waals surface area contributed by atoms with E-state index in [1.807, 2.05) is 59.2 Å². The second-order valence-electron chi connectivity index (χ2n) is 7.77. The van der Waals surface area contributed by atoms with Gasteiger partial charge < -0.3 is 5.32 Å². The van der Waals surface area contributed by atoms with Gasteiger partial charge in [-0.05, 0) is 48.4 Å². The van der Waals surface area contributed by atoms with Gasteiger partial charge in [0.2, 0.25) is 11.9 Å². The van der Waals surface area contributed by atoms with Gasteiger partial charge in [0.1, 0.15) is 6.04 Å². The van der Waals surface area contributed by atoms with Crippen molar-refractivity contribution in [3.8, 4) is 0 Å². The summed E-state index contributed by atoms with van der Waals surface area (Å²) in [6, 6.07) is 24.0. The minimum atomic E-state index is -0.638. The molecule has 5 rings (SSSR count). The van der Waals surface area contributed by atoms with Crippen LogP contribution < -0.4 is 10.2 Å². The summed E-state index contributed by atoms with van der Waals surface area (Å²) in [7, 11) is 0. The Kier molecular flexibility index (Phi) is 5.37. The van der Waals surface area contributed by atoms with Crippen molar-refractivity contribution >= 4 is 46.1 Å². The van der Waals surface area contributed by atoms with Gasteiger partial charge in [0.05, 0.1) is 17.5 Å². The van der Waals surface area contributed by atoms with Crippen molar-refractivity contribution < 1.29 is 9.59 Å². The van der Waals surface area contributed by atoms with Crippen LogP contribution in [-0.2, 0) is 16.0 Å². The normalized spacial score (nSPS) is 15.2. The number of imidazole rings is 1. The number of nitrogens with one attached hydrogen (secondary N) is 1. The van der Waals surface area contributed by atoms with Crippen molar-refractivity contribution in [1.82, 2.24) is 9.55 Å². The third-order valence-electron chi connectivity index (χ3n) is 5.66. The number of hydrogen-bond donors (Lipinski definition) is 1. The molecule has 6 nitrogen and oxygen atoms in total. The predicted molar refractivity (Wildman–Crippen MR) is 126 cm³/mol. The van der Waals surface area contributed by atoms with E-state index in [-0.39, 0.29) is 18.2 Å². The summed E-state index contributed by atoms with van der Waals surface area (Å²) in [5, 5.41) is 3.45. The van der Waals surface area contributed by atoms with Gasteiger partial charge in [0.25, 0.3) is 5.91 Å². The first kappa shape index (κ1) is 20.3. The molecule has 0 spiro atoms. The molecule has 0 radical (unpaired) electrons. The van der Waals surface area contributed by atoms with Crippen LogP contribution in [0.3, 0.4) is 0 Å². The van der Waals surface area contributed by atoms with Crippen LogP contribution in [0.25, 0.3) is 11.0 Å². The van der Waals surface area contributed by atoms with Crippen LogP contribution in [0.2, 0.25) is 5.02 Å². The van der Waals surface area contributed by atoms with Crippen LogP contribution in [0.4, 0.5) is 11.6 Å². The van der Waals surface area contributed by atoms with Crippen LogP contribution in [0, 0.1) is 0 Å². The lowest BCUT2D eigenvalue weighted by atomic mass is 10.1. The molecule has 0 aliphatic carbocycles. The van der Waals surface area contributed by atoms with E-state index in [1.165, 1.54) is 0 Å². The number of nitrogens with zero attached hydrogens (tertiary/aromatic N) is 3. The van der Waals surface area contributed by atoms with E-state index in [1.54, 1.807) is 29.2 Å². The molecule has 1 aromatic heterocycles. The Morgan fingerprint density at radius 1 is 0.969 bits per heavy atom. The van der Waals surface area contributed by atoms with Gasteiger partial charge in [-0.3, -0.25) is 19.1 Å². The van der Waals surface area contributed by atoms with E-state index >= 15 is 0 Å². The highest BCUT2D eigenvalue weighted by molar-refractivity contribution is 6.30. The fourth-order valence-corrected chi connectivity index (χ4v) is 4.24. The number of amides is 2. The first-order valence-electron chi connectivity index (χ1n) is 10.5. The molecule has 1 N–H and O–H groups in total. The fraction of sp³-hybridized carbons (Fsp3) is 0.160. The van der Waals surface area contributed by atoms with Crippen LogP contribution in [0.15, 0.2) is 78.9 Å². The van der Waals surface area contributed by atoms with Gasteiger partial charge in [-0.25, -0.2) is 4.98 Å². The van der Waals surface area contributed by atoms with E-state index < -0.39 is 6.04 Å². The van der Waals surface area contributed by atoms with Gasteiger partial charge >= 0.3 is 0 Å². The standard InChI is InChI=1S/C25H21ClN4O2/c26-18-10-12-19(13-11-18)27-23(31)16-22-24(32)29(15-14-17-6-2-1-3-7-17)25-28-20-8-4-5-9-21(20)30(22)25/h1-13,22H,14-16H2,(H,27,31)/t22-/m0/s1. The van der Waals surface area contributed by atoms with Crippen molar-refractivity contribution in [2.45, 2.75) is 18.9 Å². The number of rotatable bonds is 6. The zero-order valence-corrected chi connectivity index (χ0v) is 18.0. The molecule has 0 fully saturated rings. The summed E-state index contributed by atoms with van der Waals surface area (Å²) in [5.74, 6) is 0.246. The van der Waals surface area contributed by atoms with E-state index in [0.717, 1.165) is 16.6 Å². The number of hydrogen-bond acceptors (Lipinski definition) is 3. The van der Waals surface area contributed by atoms with E-state index in [9.17, 15) is 9.59 Å². The molecule has 0 bridgehead atoms. The highest BCUT2D eigenvalue weighted by atomic mass is 35.5. The average molecular weight is 445 g/mol. The van der Waals surface area contributed by atoms with Crippen LogP contribution in [-0.4, -0.2) is 27.9 Å². The first-order chi connectivity index (χ1) is 15.6. The van der Waals surface area contributed by atoms with Crippen LogP contribution >= 0.6 is 11.6 Å². The number of anilines is 2. The molecule has 1 aliphatic rings. The first-order valence-corrected chi connectivity index (χ1v) is 10.9. The maximum Gasteiger partial charge on any atom is 0.253 e. The zero-order chi connectivity index (χ0) is 22.1. The van der Waals surface area contributed by atoms with Crippen molar-refractivity contribution in [3.05, 3.63) is 89.4 Å². The van der Waals surface area contributed by atoms with Gasteiger partial charge in [-0.1, -0.05) is 54.1 Å². The molecular formula is C25H21ClN4O2. The molecule has 0 saturated carbocycles. The van der Waals surface area contributed by atoms with Crippen molar-refractivity contribution in [1.29, 1.82) is 0 Å². The Labute approximate surface area is 190 Å². The summed E-state index contributed by atoms with van der Waals surface area (Å²) >= 11 is 5.92. The highest BCUT2D eigenvalue weighted by Gasteiger charge is 2.40. The zero-order valence-electron chi connectivity index (χ0n) is 17.2. The number of aromatic nitrogens is 2. The molecule has 0 unspecified atom stereocenters. The Hall–Kier alpha value is -3.64. The molecule has 160 valence electrons. The van der Waals surface area contributed by atoms with E-state index in [4.69, 9.17) is 16.6 Å². The molecule has 1 atom stereocenters. The minimum Gasteiger partial charge on any atom is -0.326 e. The van der Waals surface area contributed by atoms with Crippen molar-refractivity contribution in [2.24, 2.45) is 0 Å². The molecule has 2 amide bonds. The summed E-state index contributed by atoms with van der Waals surface area (Å²) in [5.41, 5.74) is 3.44. The minimum absolute atomic E-state index is 0.0245. The van der Waals surface area contributed by atoms with Crippen molar-refractivity contribution in [3.63, 3.8) is 0 Å². The monoisotopic (exact) mass is 444 g/mol. The van der Waals surface area contributed by atoms with Crippen LogP contribution in [0.5, 0.6) is 0 Å². The number of para-hydroxylation sites is 2. The third kappa shape index (κ3) is 3.85. The Balaban J connectivity index is 1.41.